The molecule has 1 N–H and O–H groups in total. The summed E-state index contributed by atoms with van der Waals surface area (Å²) in [6.45, 7) is 5.93. The molecule has 1 atom stereocenters. The highest BCUT2D eigenvalue weighted by Crippen LogP contribution is 2.38. The van der Waals surface area contributed by atoms with Crippen LogP contribution < -0.4 is 14.8 Å². The maximum absolute atomic E-state index is 12.9. The van der Waals surface area contributed by atoms with Gasteiger partial charge in [0, 0.05) is 25.4 Å². The number of aryl methyl sites for hydroxylation is 1. The Morgan fingerprint density at radius 3 is 2.59 bits per heavy atom. The van der Waals surface area contributed by atoms with Gasteiger partial charge in [0.05, 0.1) is 23.4 Å². The van der Waals surface area contributed by atoms with Gasteiger partial charge in [0.25, 0.3) is 5.91 Å². The Bertz CT molecular complexity index is 1000. The van der Waals surface area contributed by atoms with Gasteiger partial charge in [0.15, 0.2) is 11.8 Å². The Balaban J connectivity index is 1.83. The molecule has 0 spiro atoms. The molecule has 0 saturated heterocycles. The van der Waals surface area contributed by atoms with Crippen LogP contribution in [0.1, 0.15) is 56.9 Å². The van der Waals surface area contributed by atoms with Crippen molar-refractivity contribution in [1.82, 2.24) is 20.1 Å². The summed E-state index contributed by atoms with van der Waals surface area (Å²) in [5.74, 6) is 0.731. The molecule has 2 aromatic rings. The number of nitrogens with one attached hydrogen (secondary N) is 1. The third-order valence-electron chi connectivity index (χ3n) is 6.17. The normalized spacial score (nSPS) is 19.5. The third kappa shape index (κ3) is 5.95. The fraction of sp³-hybridized carbons (Fsp3) is 0.609. The van der Waals surface area contributed by atoms with Crippen LogP contribution >= 0.6 is 11.6 Å². The quantitative estimate of drug-likeness (QED) is 0.514. The Labute approximate surface area is 202 Å². The molecule has 1 amide bonds. The number of nitrogens with zero attached hydrogens (tertiary/aromatic N) is 3. The summed E-state index contributed by atoms with van der Waals surface area (Å²) in [5, 5.41) is 7.43. The molecule has 7 nitrogen and oxygen atoms in total. The summed E-state index contributed by atoms with van der Waals surface area (Å²) in [6.07, 6.45) is -0.799. The van der Waals surface area contributed by atoms with E-state index in [0.717, 1.165) is 38.5 Å². The maximum Gasteiger partial charge on any atom is 0.425 e. The number of rotatable bonds is 8. The molecular weight excluding hydrogens is 473 g/mol. The van der Waals surface area contributed by atoms with E-state index < -0.39 is 12.3 Å². The van der Waals surface area contributed by atoms with Crippen LogP contribution in [0.3, 0.4) is 0 Å². The second-order valence-electron chi connectivity index (χ2n) is 8.69. The van der Waals surface area contributed by atoms with Crippen LogP contribution in [0.4, 0.5) is 13.2 Å². The van der Waals surface area contributed by atoms with Crippen molar-refractivity contribution in [1.29, 1.82) is 0 Å². The van der Waals surface area contributed by atoms with E-state index in [9.17, 15) is 18.0 Å². The van der Waals surface area contributed by atoms with Crippen molar-refractivity contribution in [2.45, 2.75) is 65.3 Å². The van der Waals surface area contributed by atoms with Crippen LogP contribution in [0.5, 0.6) is 11.6 Å². The van der Waals surface area contributed by atoms with E-state index in [4.69, 9.17) is 21.1 Å². The molecule has 11 heteroatoms. The molecule has 1 aliphatic carbocycles. The minimum absolute atomic E-state index is 0.0794. The van der Waals surface area contributed by atoms with E-state index in [1.54, 1.807) is 0 Å². The van der Waals surface area contributed by atoms with E-state index in [2.05, 4.69) is 22.3 Å². The standard InChI is InChI=1S/C23H30ClF3N4O3/c1-5-31-21(16-12-28-18(10-17(16)33-4)34-14(3)23(25,26)27)19(24)20(30-31)22(32)29-11-15-8-6-13(2)7-9-15/h10,12-15H,5-9,11H2,1-4H3,(H,29,32)/t13?,14-,15?/m1/s1. The molecule has 1 fully saturated rings. The SMILES string of the molecule is CCn1nc(C(=O)NCC2CCC(C)CC2)c(Cl)c1-c1cnc(O[C@H](C)C(F)(F)F)cc1OC. The highest BCUT2D eigenvalue weighted by molar-refractivity contribution is 6.36. The lowest BCUT2D eigenvalue weighted by molar-refractivity contribution is -0.190. The van der Waals surface area contributed by atoms with Gasteiger partial charge in [-0.05, 0) is 38.5 Å². The second-order valence-corrected chi connectivity index (χ2v) is 9.07. The number of halogens is 4. The summed E-state index contributed by atoms with van der Waals surface area (Å²) in [5.41, 5.74) is 0.852. The summed E-state index contributed by atoms with van der Waals surface area (Å²) >= 11 is 6.58. The van der Waals surface area contributed by atoms with Gasteiger partial charge in [-0.15, -0.1) is 0 Å². The fourth-order valence-corrected chi connectivity index (χ4v) is 4.33. The number of methoxy groups -OCH3 is 1. The number of ether oxygens (including phenoxy) is 2. The molecule has 2 aromatic heterocycles. The van der Waals surface area contributed by atoms with Crippen molar-refractivity contribution in [2.75, 3.05) is 13.7 Å². The maximum atomic E-state index is 12.9. The van der Waals surface area contributed by atoms with Crippen LogP contribution in [0.2, 0.25) is 5.02 Å². The predicted molar refractivity (Wildman–Crippen MR) is 122 cm³/mol. The monoisotopic (exact) mass is 502 g/mol. The van der Waals surface area contributed by atoms with Crippen LogP contribution in [0.25, 0.3) is 11.3 Å². The zero-order chi connectivity index (χ0) is 25.0. The lowest BCUT2D eigenvalue weighted by Gasteiger charge is -2.26. The number of hydrogen-bond donors (Lipinski definition) is 1. The molecule has 1 aliphatic rings. The average molecular weight is 503 g/mol. The highest BCUT2D eigenvalue weighted by atomic mass is 35.5. The van der Waals surface area contributed by atoms with Crippen LogP contribution in [0, 0.1) is 11.8 Å². The van der Waals surface area contributed by atoms with Gasteiger partial charge in [0.1, 0.15) is 5.75 Å². The first kappa shape index (κ1) is 26.1. The lowest BCUT2D eigenvalue weighted by atomic mass is 9.83. The van der Waals surface area contributed by atoms with Crippen molar-refractivity contribution < 1.29 is 27.4 Å². The molecule has 0 aliphatic heterocycles. The third-order valence-corrected chi connectivity index (χ3v) is 6.53. The largest absolute Gasteiger partial charge is 0.496 e. The van der Waals surface area contributed by atoms with Crippen molar-refractivity contribution in [3.05, 3.63) is 23.0 Å². The molecule has 3 rings (SSSR count). The van der Waals surface area contributed by atoms with Gasteiger partial charge in [-0.2, -0.15) is 18.3 Å². The predicted octanol–water partition coefficient (Wildman–Crippen LogP) is 5.51. The minimum atomic E-state index is -4.53. The zero-order valence-electron chi connectivity index (χ0n) is 19.7. The first-order valence-corrected chi connectivity index (χ1v) is 11.7. The Kier molecular flexibility index (Phi) is 8.33. The molecule has 0 radical (unpaired) electrons. The Hall–Kier alpha value is -2.49. The van der Waals surface area contributed by atoms with Gasteiger partial charge in [-0.3, -0.25) is 9.48 Å². The summed E-state index contributed by atoms with van der Waals surface area (Å²) in [7, 11) is 1.37. The second kappa shape index (κ2) is 10.8. The fourth-order valence-electron chi connectivity index (χ4n) is 4.00. The van der Waals surface area contributed by atoms with Crippen molar-refractivity contribution in [2.24, 2.45) is 11.8 Å². The van der Waals surface area contributed by atoms with Gasteiger partial charge in [-0.25, -0.2) is 4.98 Å². The average Bonchev–Trinajstić information content (AvgIpc) is 3.13. The molecule has 2 heterocycles. The number of carbonyl (C=O) groups is 1. The summed E-state index contributed by atoms with van der Waals surface area (Å²) in [6, 6.07) is 1.25. The van der Waals surface area contributed by atoms with Crippen molar-refractivity contribution in [3.63, 3.8) is 0 Å². The first-order chi connectivity index (χ1) is 16.0. The summed E-state index contributed by atoms with van der Waals surface area (Å²) in [4.78, 5) is 16.9. The number of pyridine rings is 1. The van der Waals surface area contributed by atoms with E-state index in [-0.39, 0.29) is 28.3 Å². The molecule has 0 bridgehead atoms. The highest BCUT2D eigenvalue weighted by Gasteiger charge is 2.38. The van der Waals surface area contributed by atoms with Crippen molar-refractivity contribution in [3.8, 4) is 22.9 Å². The Morgan fingerprint density at radius 1 is 1.32 bits per heavy atom. The topological polar surface area (TPSA) is 78.3 Å². The van der Waals surface area contributed by atoms with E-state index >= 15 is 0 Å². The first-order valence-electron chi connectivity index (χ1n) is 11.4. The van der Waals surface area contributed by atoms with Gasteiger partial charge < -0.3 is 14.8 Å². The number of amides is 1. The van der Waals surface area contributed by atoms with Crippen LogP contribution in [-0.2, 0) is 6.54 Å². The molecule has 34 heavy (non-hydrogen) atoms. The van der Waals surface area contributed by atoms with E-state index in [1.807, 2.05) is 6.92 Å². The van der Waals surface area contributed by atoms with Crippen LogP contribution in [0.15, 0.2) is 12.3 Å². The lowest BCUT2D eigenvalue weighted by Crippen LogP contribution is -2.31. The summed E-state index contributed by atoms with van der Waals surface area (Å²) < 4.78 is 50.3. The molecular formula is C23H30ClF3N4O3. The van der Waals surface area contributed by atoms with Gasteiger partial charge >= 0.3 is 6.18 Å². The zero-order valence-corrected chi connectivity index (χ0v) is 20.5. The van der Waals surface area contributed by atoms with E-state index in [1.165, 1.54) is 24.1 Å². The Morgan fingerprint density at radius 2 is 2.00 bits per heavy atom. The molecule has 0 aromatic carbocycles. The minimum Gasteiger partial charge on any atom is -0.496 e. The van der Waals surface area contributed by atoms with Gasteiger partial charge in [-0.1, -0.05) is 31.4 Å². The number of carbonyl (C=O) groups excluding carboxylic acids is 1. The molecule has 0 unspecified atom stereocenters. The number of alkyl halides is 3. The smallest absolute Gasteiger partial charge is 0.425 e. The van der Waals surface area contributed by atoms with Crippen molar-refractivity contribution >= 4 is 17.5 Å². The number of hydrogen-bond acceptors (Lipinski definition) is 5. The molecule has 1 saturated carbocycles. The molecule has 188 valence electrons. The van der Waals surface area contributed by atoms with Crippen LogP contribution in [-0.4, -0.2) is 46.6 Å². The van der Waals surface area contributed by atoms with E-state index in [0.29, 0.717) is 30.3 Å². The van der Waals surface area contributed by atoms with Gasteiger partial charge in [0.2, 0.25) is 5.88 Å². The number of aromatic nitrogens is 3.